The molecule has 1 atom stereocenters. The van der Waals surface area contributed by atoms with Gasteiger partial charge in [0.15, 0.2) is 0 Å². The maximum atomic E-state index is 11.0. The van der Waals surface area contributed by atoms with Crippen LogP contribution in [0.15, 0.2) is 0 Å². The van der Waals surface area contributed by atoms with Crippen LogP contribution in [0, 0.1) is 5.92 Å². The van der Waals surface area contributed by atoms with Gasteiger partial charge in [-0.1, -0.05) is 32.1 Å². The molecular formula is C12H24N2O. The van der Waals surface area contributed by atoms with Gasteiger partial charge in [-0.05, 0) is 25.7 Å². The average Bonchev–Trinajstić information content (AvgIpc) is 2.27. The molecule has 1 aliphatic rings. The Labute approximate surface area is 92.8 Å². The van der Waals surface area contributed by atoms with Crippen molar-refractivity contribution >= 4 is 5.91 Å². The van der Waals surface area contributed by atoms with Gasteiger partial charge in [0.1, 0.15) is 0 Å². The molecule has 1 unspecified atom stereocenters. The molecule has 0 aromatic rings. The first-order chi connectivity index (χ1) is 7.22. The molecule has 0 spiro atoms. The van der Waals surface area contributed by atoms with Crippen molar-refractivity contribution in [3.05, 3.63) is 0 Å². The van der Waals surface area contributed by atoms with Gasteiger partial charge in [0, 0.05) is 6.04 Å². The highest BCUT2D eigenvalue weighted by atomic mass is 16.1. The van der Waals surface area contributed by atoms with Crippen LogP contribution in [0.2, 0.25) is 0 Å². The van der Waals surface area contributed by atoms with Crippen molar-refractivity contribution in [1.82, 2.24) is 5.32 Å². The topological polar surface area (TPSA) is 55.1 Å². The lowest BCUT2D eigenvalue weighted by Crippen LogP contribution is -2.37. The predicted octanol–water partition coefficient (Wildman–Crippen LogP) is 1.81. The number of hydrogen-bond acceptors (Lipinski definition) is 2. The first-order valence-electron chi connectivity index (χ1n) is 6.21. The molecule has 3 N–H and O–H groups in total. The van der Waals surface area contributed by atoms with Crippen molar-refractivity contribution in [1.29, 1.82) is 0 Å². The summed E-state index contributed by atoms with van der Waals surface area (Å²) in [4.78, 5) is 11.0. The summed E-state index contributed by atoms with van der Waals surface area (Å²) in [7, 11) is 0. The van der Waals surface area contributed by atoms with Crippen LogP contribution >= 0.6 is 0 Å². The molecule has 15 heavy (non-hydrogen) atoms. The minimum Gasteiger partial charge on any atom is -0.353 e. The Kier molecular flexibility index (Phi) is 5.69. The molecule has 0 bridgehead atoms. The third-order valence-corrected chi connectivity index (χ3v) is 3.33. The molecule has 1 saturated carbocycles. The molecule has 1 rings (SSSR count). The lowest BCUT2D eigenvalue weighted by atomic mass is 9.85. The van der Waals surface area contributed by atoms with E-state index in [1.807, 2.05) is 0 Å². The highest BCUT2D eigenvalue weighted by Crippen LogP contribution is 2.27. The normalized spacial score (nSPS) is 19.9. The first-order valence-corrected chi connectivity index (χ1v) is 6.21. The van der Waals surface area contributed by atoms with Crippen LogP contribution in [0.3, 0.4) is 0 Å². The fraction of sp³-hybridized carbons (Fsp3) is 0.917. The highest BCUT2D eigenvalue weighted by Gasteiger charge is 2.14. The van der Waals surface area contributed by atoms with Crippen molar-refractivity contribution < 1.29 is 4.79 Å². The molecular weight excluding hydrogens is 188 g/mol. The van der Waals surface area contributed by atoms with E-state index in [1.54, 1.807) is 0 Å². The van der Waals surface area contributed by atoms with Gasteiger partial charge in [-0.15, -0.1) is 0 Å². The Hall–Kier alpha value is -0.570. The van der Waals surface area contributed by atoms with Gasteiger partial charge >= 0.3 is 0 Å². The van der Waals surface area contributed by atoms with Crippen molar-refractivity contribution in [2.24, 2.45) is 11.7 Å². The van der Waals surface area contributed by atoms with Crippen LogP contribution in [0.4, 0.5) is 0 Å². The molecule has 0 aliphatic heterocycles. The quantitative estimate of drug-likeness (QED) is 0.730. The van der Waals surface area contributed by atoms with Crippen LogP contribution in [0.25, 0.3) is 0 Å². The van der Waals surface area contributed by atoms with Crippen molar-refractivity contribution in [2.45, 2.75) is 57.9 Å². The summed E-state index contributed by atoms with van der Waals surface area (Å²) in [6.45, 7) is 2.17. The summed E-state index contributed by atoms with van der Waals surface area (Å²) < 4.78 is 0. The van der Waals surface area contributed by atoms with Gasteiger partial charge in [-0.2, -0.15) is 0 Å². The van der Waals surface area contributed by atoms with Gasteiger partial charge in [-0.25, -0.2) is 0 Å². The molecule has 3 nitrogen and oxygen atoms in total. The van der Waals surface area contributed by atoms with Crippen LogP contribution in [-0.2, 0) is 4.79 Å². The van der Waals surface area contributed by atoms with Crippen LogP contribution < -0.4 is 11.1 Å². The fourth-order valence-corrected chi connectivity index (χ4v) is 2.37. The van der Waals surface area contributed by atoms with E-state index in [9.17, 15) is 4.79 Å². The zero-order valence-corrected chi connectivity index (χ0v) is 9.80. The fourth-order valence-electron chi connectivity index (χ4n) is 2.37. The van der Waals surface area contributed by atoms with Crippen LogP contribution in [0.1, 0.15) is 51.9 Å². The molecule has 0 saturated heterocycles. The number of nitrogens with two attached hydrogens (primary N) is 1. The number of rotatable bonds is 5. The Morgan fingerprint density at radius 1 is 1.40 bits per heavy atom. The Morgan fingerprint density at radius 3 is 2.67 bits per heavy atom. The van der Waals surface area contributed by atoms with Gasteiger partial charge < -0.3 is 11.1 Å². The number of carbonyl (C=O) groups is 1. The Balaban J connectivity index is 2.09. The first kappa shape index (κ1) is 12.5. The second-order valence-electron chi connectivity index (χ2n) is 4.75. The van der Waals surface area contributed by atoms with Crippen LogP contribution in [-0.4, -0.2) is 18.5 Å². The number of hydrogen-bond donors (Lipinski definition) is 2. The Morgan fingerprint density at radius 2 is 2.07 bits per heavy atom. The van der Waals surface area contributed by atoms with E-state index in [0.29, 0.717) is 0 Å². The summed E-state index contributed by atoms with van der Waals surface area (Å²) in [6.07, 6.45) is 9.33. The molecule has 0 heterocycles. The van der Waals surface area contributed by atoms with E-state index < -0.39 is 0 Å². The van der Waals surface area contributed by atoms with E-state index in [4.69, 9.17) is 5.73 Å². The second kappa shape index (κ2) is 6.83. The number of carbonyl (C=O) groups excluding carboxylic acids is 1. The molecule has 0 aromatic heterocycles. The summed E-state index contributed by atoms with van der Waals surface area (Å²) in [5, 5.41) is 2.91. The maximum Gasteiger partial charge on any atom is 0.233 e. The molecule has 1 amide bonds. The van der Waals surface area contributed by atoms with Gasteiger partial charge in [0.25, 0.3) is 0 Å². The molecule has 0 aromatic carbocycles. The van der Waals surface area contributed by atoms with E-state index in [0.717, 1.165) is 12.3 Å². The van der Waals surface area contributed by atoms with Crippen molar-refractivity contribution in [3.8, 4) is 0 Å². The Bertz CT molecular complexity index is 188. The van der Waals surface area contributed by atoms with E-state index in [-0.39, 0.29) is 18.5 Å². The molecule has 0 radical (unpaired) electrons. The largest absolute Gasteiger partial charge is 0.353 e. The lowest BCUT2D eigenvalue weighted by molar-refractivity contribution is -0.120. The zero-order valence-electron chi connectivity index (χ0n) is 9.80. The van der Waals surface area contributed by atoms with Crippen molar-refractivity contribution in [2.75, 3.05) is 6.54 Å². The summed E-state index contributed by atoms with van der Waals surface area (Å²) in [6, 6.07) is 0.281. The second-order valence-corrected chi connectivity index (χ2v) is 4.75. The van der Waals surface area contributed by atoms with Gasteiger partial charge in [0.05, 0.1) is 6.54 Å². The average molecular weight is 212 g/mol. The highest BCUT2D eigenvalue weighted by molar-refractivity contribution is 5.77. The van der Waals surface area contributed by atoms with Crippen molar-refractivity contribution in [3.63, 3.8) is 0 Å². The minimum atomic E-state index is -0.0360. The SMILES string of the molecule is CC(CCC1CCCCC1)NC(=O)CN. The predicted molar refractivity (Wildman–Crippen MR) is 62.5 cm³/mol. The molecule has 1 aliphatic carbocycles. The van der Waals surface area contributed by atoms with Crippen LogP contribution in [0.5, 0.6) is 0 Å². The molecule has 3 heteroatoms. The summed E-state index contributed by atoms with van der Waals surface area (Å²) in [5.41, 5.74) is 5.25. The molecule has 1 fully saturated rings. The maximum absolute atomic E-state index is 11.0. The van der Waals surface area contributed by atoms with Gasteiger partial charge in [-0.3, -0.25) is 4.79 Å². The van der Waals surface area contributed by atoms with Gasteiger partial charge in [0.2, 0.25) is 5.91 Å². The monoisotopic (exact) mass is 212 g/mol. The summed E-state index contributed by atoms with van der Waals surface area (Å²) >= 11 is 0. The molecule has 88 valence electrons. The van der Waals surface area contributed by atoms with E-state index in [2.05, 4.69) is 12.2 Å². The smallest absolute Gasteiger partial charge is 0.233 e. The van der Waals surface area contributed by atoms with E-state index in [1.165, 1.54) is 38.5 Å². The third-order valence-electron chi connectivity index (χ3n) is 3.33. The number of nitrogens with one attached hydrogen (secondary N) is 1. The third kappa shape index (κ3) is 5.17. The van der Waals surface area contributed by atoms with E-state index >= 15 is 0 Å². The zero-order chi connectivity index (χ0) is 11.1. The minimum absolute atomic E-state index is 0.0360. The lowest BCUT2D eigenvalue weighted by Gasteiger charge is -2.23. The summed E-state index contributed by atoms with van der Waals surface area (Å²) in [5.74, 6) is 0.863. The standard InChI is InChI=1S/C12H24N2O/c1-10(14-12(15)9-13)7-8-11-5-3-2-4-6-11/h10-11H,2-9,13H2,1H3,(H,14,15). The number of amides is 1.